The van der Waals surface area contributed by atoms with Crippen molar-refractivity contribution in [2.24, 2.45) is 0 Å². The first-order valence-electron chi connectivity index (χ1n) is 9.84. The number of phosphoric acid groups is 1. The van der Waals surface area contributed by atoms with Crippen molar-refractivity contribution in [3.8, 4) is 11.3 Å². The van der Waals surface area contributed by atoms with Crippen molar-refractivity contribution < 1.29 is 32.4 Å². The van der Waals surface area contributed by atoms with Crippen molar-refractivity contribution in [3.05, 3.63) is 89.1 Å². The summed E-state index contributed by atoms with van der Waals surface area (Å²) in [5.74, 6) is 2.52. The van der Waals surface area contributed by atoms with Gasteiger partial charge in [-0.1, -0.05) is 29.4 Å². The van der Waals surface area contributed by atoms with Crippen molar-refractivity contribution in [2.45, 2.75) is 26.5 Å². The Morgan fingerprint density at radius 2 is 1.81 bits per heavy atom. The van der Waals surface area contributed by atoms with E-state index in [0.717, 1.165) is 34.8 Å². The molecule has 0 unspecified atom stereocenters. The monoisotopic (exact) mass is 456 g/mol. The number of phosphoric ester groups is 1. The van der Waals surface area contributed by atoms with Gasteiger partial charge < -0.3 is 18.7 Å². The van der Waals surface area contributed by atoms with E-state index in [9.17, 15) is 4.57 Å². The second-order valence-electron chi connectivity index (χ2n) is 7.39. The number of hydrogen-bond donors (Lipinski definition) is 3. The van der Waals surface area contributed by atoms with Gasteiger partial charge in [0.1, 0.15) is 17.1 Å². The Bertz CT molecular complexity index is 1260. The molecule has 0 spiro atoms. The smallest absolute Gasteiger partial charge is 0.466 e. The molecule has 4 aromatic rings. The SMILES string of the molecule is Cc1ccc(Cc2ccc(Cc3cc(-c4ccc[n+](COP(=O)(O)O)c4N)on3)cc2)o1. The van der Waals surface area contributed by atoms with E-state index in [1.165, 1.54) is 4.57 Å². The molecule has 0 saturated carbocycles. The highest BCUT2D eigenvalue weighted by Gasteiger charge is 2.20. The molecule has 0 bridgehead atoms. The standard InChI is InChI=1S/C22H22N3O6P/c1-15-4-9-19(30-15)12-17-7-5-16(6-8-17)11-18-13-21(31-24-18)20-3-2-10-25(22(20)23)14-29-32(26,27)28/h2-10,13,23H,11-12,14H2,1H3,(H2,26,27,28)/p+1. The molecule has 0 aliphatic rings. The molecule has 4 N–H and O–H groups in total. The van der Waals surface area contributed by atoms with Gasteiger partial charge in [0.05, 0.1) is 11.9 Å². The van der Waals surface area contributed by atoms with Gasteiger partial charge in [-0.15, -0.1) is 0 Å². The van der Waals surface area contributed by atoms with Gasteiger partial charge in [-0.2, -0.15) is 0 Å². The molecule has 3 heterocycles. The summed E-state index contributed by atoms with van der Waals surface area (Å²) in [4.78, 5) is 17.8. The largest absolute Gasteiger partial charge is 0.472 e. The fourth-order valence-electron chi connectivity index (χ4n) is 3.31. The van der Waals surface area contributed by atoms with E-state index in [2.05, 4.69) is 21.8 Å². The Kier molecular flexibility index (Phi) is 6.25. The van der Waals surface area contributed by atoms with Crippen molar-refractivity contribution in [1.82, 2.24) is 5.16 Å². The highest BCUT2D eigenvalue weighted by Crippen LogP contribution is 2.35. The zero-order chi connectivity index (χ0) is 22.7. The lowest BCUT2D eigenvalue weighted by atomic mass is 10.0. The molecule has 1 aromatic carbocycles. The Hall–Kier alpha value is -3.23. The normalized spacial score (nSPS) is 11.7. The number of nitrogens with zero attached hydrogens (tertiary/aromatic N) is 2. The van der Waals surface area contributed by atoms with Crippen LogP contribution in [-0.4, -0.2) is 14.9 Å². The van der Waals surface area contributed by atoms with Gasteiger partial charge in [0.2, 0.25) is 6.73 Å². The van der Waals surface area contributed by atoms with Crippen LogP contribution < -0.4 is 10.3 Å². The average molecular weight is 456 g/mol. The predicted octanol–water partition coefficient (Wildman–Crippen LogP) is 3.36. The third kappa shape index (κ3) is 5.52. The van der Waals surface area contributed by atoms with Crippen molar-refractivity contribution in [2.75, 3.05) is 5.73 Å². The van der Waals surface area contributed by atoms with E-state index in [-0.39, 0.29) is 5.82 Å². The van der Waals surface area contributed by atoms with E-state index in [1.54, 1.807) is 24.4 Å². The molecular formula is C22H23N3O6P+. The maximum atomic E-state index is 10.9. The van der Waals surface area contributed by atoms with Gasteiger partial charge >= 0.3 is 7.82 Å². The average Bonchev–Trinajstić information content (AvgIpc) is 3.37. The van der Waals surface area contributed by atoms with Crippen LogP contribution in [0.15, 0.2) is 69.7 Å². The number of furan rings is 1. The summed E-state index contributed by atoms with van der Waals surface area (Å²) in [6.45, 7) is 1.53. The van der Waals surface area contributed by atoms with Crippen LogP contribution in [0.3, 0.4) is 0 Å². The Labute approximate surface area is 184 Å². The number of rotatable bonds is 8. The molecule has 4 rings (SSSR count). The lowest BCUT2D eigenvalue weighted by Gasteiger charge is -2.07. The van der Waals surface area contributed by atoms with Crippen LogP contribution in [-0.2, 0) is 28.7 Å². The molecule has 0 radical (unpaired) electrons. The van der Waals surface area contributed by atoms with E-state index in [0.29, 0.717) is 17.7 Å². The van der Waals surface area contributed by atoms with Crippen LogP contribution in [0.4, 0.5) is 5.82 Å². The maximum absolute atomic E-state index is 10.9. The number of anilines is 1. The van der Waals surface area contributed by atoms with Crippen molar-refractivity contribution in [3.63, 3.8) is 0 Å². The minimum atomic E-state index is -4.61. The topological polar surface area (TPSA) is 136 Å². The van der Waals surface area contributed by atoms with Gasteiger partial charge in [0, 0.05) is 18.9 Å². The van der Waals surface area contributed by atoms with Gasteiger partial charge in [-0.25, -0.2) is 13.7 Å². The molecule has 0 fully saturated rings. The minimum absolute atomic E-state index is 0.237. The van der Waals surface area contributed by atoms with Gasteiger partial charge in [0.25, 0.3) is 5.82 Å². The van der Waals surface area contributed by atoms with Crippen LogP contribution >= 0.6 is 7.82 Å². The summed E-state index contributed by atoms with van der Waals surface area (Å²) in [5, 5.41) is 4.13. The van der Waals surface area contributed by atoms with Gasteiger partial charge in [-0.3, -0.25) is 5.73 Å². The van der Waals surface area contributed by atoms with E-state index in [4.69, 9.17) is 24.5 Å². The van der Waals surface area contributed by atoms with Crippen molar-refractivity contribution in [1.29, 1.82) is 0 Å². The molecular weight excluding hydrogens is 433 g/mol. The first kappa shape index (κ1) is 22.0. The van der Waals surface area contributed by atoms with Crippen LogP contribution in [0.5, 0.6) is 0 Å². The zero-order valence-electron chi connectivity index (χ0n) is 17.3. The number of hydrogen-bond acceptors (Lipinski definition) is 6. The van der Waals surface area contributed by atoms with Gasteiger partial charge in [-0.05, 0) is 42.3 Å². The van der Waals surface area contributed by atoms with E-state index < -0.39 is 14.6 Å². The van der Waals surface area contributed by atoms with E-state index in [1.807, 2.05) is 31.2 Å². The first-order valence-corrected chi connectivity index (χ1v) is 11.4. The Morgan fingerprint density at radius 3 is 2.47 bits per heavy atom. The summed E-state index contributed by atoms with van der Waals surface area (Å²) in [6.07, 6.45) is 2.87. The fourth-order valence-corrected chi connectivity index (χ4v) is 3.58. The van der Waals surface area contributed by atoms with Crippen LogP contribution in [0, 0.1) is 6.92 Å². The zero-order valence-corrected chi connectivity index (χ0v) is 18.2. The second kappa shape index (κ2) is 9.10. The minimum Gasteiger partial charge on any atom is -0.466 e. The highest BCUT2D eigenvalue weighted by atomic mass is 31.2. The summed E-state index contributed by atoms with van der Waals surface area (Å²) < 4.78 is 27.9. The number of benzene rings is 1. The van der Waals surface area contributed by atoms with E-state index >= 15 is 0 Å². The summed E-state index contributed by atoms with van der Waals surface area (Å²) in [6, 6.07) is 17.4. The van der Waals surface area contributed by atoms with Crippen LogP contribution in [0.25, 0.3) is 11.3 Å². The lowest BCUT2D eigenvalue weighted by Crippen LogP contribution is -2.38. The quantitative estimate of drug-likeness (QED) is 0.271. The fraction of sp³-hybridized carbons (Fsp3) is 0.182. The van der Waals surface area contributed by atoms with Crippen LogP contribution in [0.2, 0.25) is 0 Å². The number of pyridine rings is 1. The first-order chi connectivity index (χ1) is 15.3. The number of nitrogen functional groups attached to an aromatic ring is 1. The molecule has 9 nitrogen and oxygen atoms in total. The second-order valence-corrected chi connectivity index (χ2v) is 8.63. The predicted molar refractivity (Wildman–Crippen MR) is 115 cm³/mol. The summed E-state index contributed by atoms with van der Waals surface area (Å²) in [7, 11) is -4.61. The molecule has 32 heavy (non-hydrogen) atoms. The van der Waals surface area contributed by atoms with Crippen LogP contribution in [0.1, 0.15) is 28.3 Å². The van der Waals surface area contributed by atoms with Gasteiger partial charge in [0.15, 0.2) is 5.76 Å². The number of aromatic nitrogens is 2. The van der Waals surface area contributed by atoms with Crippen molar-refractivity contribution >= 4 is 13.6 Å². The molecule has 3 aromatic heterocycles. The molecule has 0 saturated heterocycles. The molecule has 0 aliphatic carbocycles. The third-order valence-corrected chi connectivity index (χ3v) is 5.34. The maximum Gasteiger partial charge on any atom is 0.472 e. The summed E-state index contributed by atoms with van der Waals surface area (Å²) in [5.41, 5.74) is 9.64. The summed E-state index contributed by atoms with van der Waals surface area (Å²) >= 11 is 0. The Morgan fingerprint density at radius 1 is 1.09 bits per heavy atom. The molecule has 10 heteroatoms. The lowest BCUT2D eigenvalue weighted by molar-refractivity contribution is -0.711. The number of nitrogens with two attached hydrogens (primary N) is 1. The number of aryl methyl sites for hydroxylation is 1. The Balaban J connectivity index is 1.44. The highest BCUT2D eigenvalue weighted by molar-refractivity contribution is 7.46. The molecule has 0 aliphatic heterocycles. The molecule has 0 atom stereocenters. The molecule has 166 valence electrons. The third-order valence-electron chi connectivity index (χ3n) is 4.89. The molecule has 0 amide bonds.